The van der Waals surface area contributed by atoms with Crippen LogP contribution in [0.15, 0.2) is 41.3 Å². The van der Waals surface area contributed by atoms with Gasteiger partial charge in [0.25, 0.3) is 0 Å². The number of amides is 1. The zero-order chi connectivity index (χ0) is 20.5. The molecule has 0 aliphatic carbocycles. The van der Waals surface area contributed by atoms with Crippen LogP contribution in [0.2, 0.25) is 0 Å². The molecule has 0 saturated heterocycles. The predicted molar refractivity (Wildman–Crippen MR) is 111 cm³/mol. The van der Waals surface area contributed by atoms with E-state index in [2.05, 4.69) is 9.97 Å². The quantitative estimate of drug-likeness (QED) is 0.587. The largest absolute Gasteiger partial charge is 0.420 e. The van der Waals surface area contributed by atoms with Crippen molar-refractivity contribution in [3.8, 4) is 5.75 Å². The molecule has 3 rings (SSSR count). The molecule has 148 valence electrons. The number of hydrogen-bond acceptors (Lipinski definition) is 7. The Balaban J connectivity index is 1.87. The monoisotopic (exact) mass is 438 g/mol. The van der Waals surface area contributed by atoms with Crippen LogP contribution in [0.4, 0.5) is 10.6 Å². The molecule has 3 N–H and O–H groups in total. The molecular formula is C17H18N4O4S3. The van der Waals surface area contributed by atoms with Gasteiger partial charge in [-0.25, -0.2) is 23.3 Å². The number of sulfonamides is 1. The number of benzene rings is 1. The fourth-order valence-electron chi connectivity index (χ4n) is 2.46. The van der Waals surface area contributed by atoms with Gasteiger partial charge in [0.1, 0.15) is 16.4 Å². The second-order valence-electron chi connectivity index (χ2n) is 6.43. The Bertz CT molecular complexity index is 1170. The van der Waals surface area contributed by atoms with Crippen molar-refractivity contribution in [3.63, 3.8) is 0 Å². The van der Waals surface area contributed by atoms with Crippen LogP contribution in [0, 0.1) is 9.87 Å². The highest BCUT2D eigenvalue weighted by Crippen LogP contribution is 2.24. The van der Waals surface area contributed by atoms with E-state index in [0.717, 1.165) is 5.52 Å². The molecule has 8 nitrogen and oxygen atoms in total. The van der Waals surface area contributed by atoms with Crippen LogP contribution < -0.4 is 14.8 Å². The number of carbonyl (C=O) groups is 1. The van der Waals surface area contributed by atoms with Gasteiger partial charge in [0.05, 0.1) is 10.4 Å². The van der Waals surface area contributed by atoms with Gasteiger partial charge in [-0.05, 0) is 54.5 Å². The second-order valence-corrected chi connectivity index (χ2v) is 9.65. The van der Waals surface area contributed by atoms with Crippen LogP contribution in [0.5, 0.6) is 5.75 Å². The minimum atomic E-state index is -3.81. The minimum Gasteiger partial charge on any atom is -0.410 e. The summed E-state index contributed by atoms with van der Waals surface area (Å²) < 4.78 is 28.7. The van der Waals surface area contributed by atoms with Gasteiger partial charge in [0.2, 0.25) is 10.0 Å². The molecule has 1 amide bonds. The fourth-order valence-corrected chi connectivity index (χ4v) is 4.02. The molecule has 11 heteroatoms. The van der Waals surface area contributed by atoms with Crippen LogP contribution in [0.1, 0.15) is 13.8 Å². The van der Waals surface area contributed by atoms with E-state index < -0.39 is 16.1 Å². The van der Waals surface area contributed by atoms with E-state index in [0.29, 0.717) is 21.1 Å². The Labute approximate surface area is 171 Å². The number of aromatic nitrogens is 2. The van der Waals surface area contributed by atoms with Crippen molar-refractivity contribution >= 4 is 55.8 Å². The van der Waals surface area contributed by atoms with Crippen LogP contribution in [-0.4, -0.2) is 31.0 Å². The topological polar surface area (TPSA) is 118 Å². The zero-order valence-electron chi connectivity index (χ0n) is 15.1. The summed E-state index contributed by atoms with van der Waals surface area (Å²) in [7, 11) is -3.81. The lowest BCUT2D eigenvalue weighted by Crippen LogP contribution is -2.37. The average molecular weight is 439 g/mol. The van der Waals surface area contributed by atoms with E-state index in [1.165, 1.54) is 40.5 Å². The third kappa shape index (κ3) is 4.73. The van der Waals surface area contributed by atoms with Gasteiger partial charge in [-0.1, -0.05) is 25.2 Å². The highest BCUT2D eigenvalue weighted by Gasteiger charge is 2.21. The number of rotatable bonds is 5. The number of nitrogens with zero attached hydrogens (tertiary/aromatic N) is 2. The van der Waals surface area contributed by atoms with Gasteiger partial charge in [0.15, 0.2) is 3.95 Å². The number of ether oxygens (including phenoxy) is 1. The summed E-state index contributed by atoms with van der Waals surface area (Å²) in [5, 5.41) is 5.07. The zero-order valence-corrected chi connectivity index (χ0v) is 17.5. The molecule has 2 aromatic heterocycles. The Kier molecular flexibility index (Phi) is 5.79. The normalized spacial score (nSPS) is 11.7. The molecule has 0 radical (unpaired) electrons. The number of primary sulfonamides is 1. The summed E-state index contributed by atoms with van der Waals surface area (Å²) in [6, 6.07) is 8.84. The third-order valence-electron chi connectivity index (χ3n) is 3.67. The van der Waals surface area contributed by atoms with E-state index >= 15 is 0 Å². The molecule has 3 aromatic rings. The smallest absolute Gasteiger partial charge is 0.410 e. The van der Waals surface area contributed by atoms with Crippen LogP contribution in [0.25, 0.3) is 10.3 Å². The standard InChI is InChI=1S/C17H18N4O4S3/c1-10(2)9-21(14-8-7-13-15(20-14)27-16(26)19-13)17(22)25-11-3-5-12(6-4-11)28(18,23)24/h3-8,10H,9H2,1-2H3,(H,19,26)(H2,18,23,24). The maximum absolute atomic E-state index is 12.8. The Morgan fingerprint density at radius 3 is 2.57 bits per heavy atom. The highest BCUT2D eigenvalue weighted by molar-refractivity contribution is 7.89. The van der Waals surface area contributed by atoms with Crippen LogP contribution >= 0.6 is 23.6 Å². The van der Waals surface area contributed by atoms with E-state index in [1.54, 1.807) is 6.07 Å². The number of H-pyrrole nitrogens is 1. The number of carbonyl (C=O) groups excluding carboxylic acids is 1. The van der Waals surface area contributed by atoms with Gasteiger partial charge in [0, 0.05) is 6.54 Å². The van der Waals surface area contributed by atoms with Gasteiger partial charge in [-0.3, -0.25) is 4.90 Å². The van der Waals surface area contributed by atoms with Crippen LogP contribution in [0.3, 0.4) is 0 Å². The SMILES string of the molecule is CC(C)CN(C(=O)Oc1ccc(S(N)(=O)=O)cc1)c1ccc2[nH]c(=S)sc2n1. The molecule has 0 aliphatic heterocycles. The number of fused-ring (bicyclic) bond motifs is 1. The van der Waals surface area contributed by atoms with Crippen molar-refractivity contribution in [2.45, 2.75) is 18.7 Å². The average Bonchev–Trinajstić information content (AvgIpc) is 2.98. The summed E-state index contributed by atoms with van der Waals surface area (Å²) in [5.41, 5.74) is 0.801. The first-order chi connectivity index (χ1) is 13.1. The number of thiazole rings is 1. The minimum absolute atomic E-state index is 0.0629. The van der Waals surface area contributed by atoms with E-state index in [4.69, 9.17) is 22.1 Å². The van der Waals surface area contributed by atoms with Crippen molar-refractivity contribution in [2.75, 3.05) is 11.4 Å². The molecule has 0 spiro atoms. The summed E-state index contributed by atoms with van der Waals surface area (Å²) in [6.45, 7) is 4.34. The molecule has 0 bridgehead atoms. The molecular weight excluding hydrogens is 420 g/mol. The number of aromatic amines is 1. The van der Waals surface area contributed by atoms with Gasteiger partial charge in [-0.15, -0.1) is 0 Å². The maximum Gasteiger partial charge on any atom is 0.420 e. The molecule has 0 unspecified atom stereocenters. The van der Waals surface area contributed by atoms with E-state index in [-0.39, 0.29) is 16.6 Å². The van der Waals surface area contributed by atoms with E-state index in [1.807, 2.05) is 19.9 Å². The van der Waals surface area contributed by atoms with Gasteiger partial charge >= 0.3 is 6.09 Å². The van der Waals surface area contributed by atoms with Crippen molar-refractivity contribution in [1.29, 1.82) is 0 Å². The number of pyridine rings is 1. The first-order valence-electron chi connectivity index (χ1n) is 8.25. The second kappa shape index (κ2) is 7.95. The molecule has 2 heterocycles. The summed E-state index contributed by atoms with van der Waals surface area (Å²) in [6.07, 6.45) is -0.622. The van der Waals surface area contributed by atoms with Crippen LogP contribution in [-0.2, 0) is 10.0 Å². The Hall–Kier alpha value is -2.34. The molecule has 0 aliphatic rings. The van der Waals surface area contributed by atoms with Crippen molar-refractivity contribution < 1.29 is 17.9 Å². The van der Waals surface area contributed by atoms with E-state index in [9.17, 15) is 13.2 Å². The first-order valence-corrected chi connectivity index (χ1v) is 11.0. The fraction of sp³-hybridized carbons (Fsp3) is 0.235. The molecule has 1 aromatic carbocycles. The van der Waals surface area contributed by atoms with Gasteiger partial charge in [-0.2, -0.15) is 0 Å². The number of nitrogens with one attached hydrogen (secondary N) is 1. The lowest BCUT2D eigenvalue weighted by Gasteiger charge is -2.23. The Morgan fingerprint density at radius 1 is 1.29 bits per heavy atom. The summed E-state index contributed by atoms with van der Waals surface area (Å²) in [5.74, 6) is 0.807. The maximum atomic E-state index is 12.8. The Morgan fingerprint density at radius 2 is 1.96 bits per heavy atom. The third-order valence-corrected chi connectivity index (χ3v) is 5.75. The number of anilines is 1. The first kappa shape index (κ1) is 20.4. The number of nitrogens with two attached hydrogens (primary N) is 1. The van der Waals surface area contributed by atoms with Crippen molar-refractivity contribution in [3.05, 3.63) is 40.4 Å². The molecule has 0 atom stereocenters. The van der Waals surface area contributed by atoms with Crippen molar-refractivity contribution in [2.24, 2.45) is 11.1 Å². The highest BCUT2D eigenvalue weighted by atomic mass is 32.2. The lowest BCUT2D eigenvalue weighted by molar-refractivity contribution is 0.206. The van der Waals surface area contributed by atoms with Gasteiger partial charge < -0.3 is 9.72 Å². The molecule has 0 saturated carbocycles. The summed E-state index contributed by atoms with van der Waals surface area (Å²) in [4.78, 5) is 22.4. The number of hydrogen-bond donors (Lipinski definition) is 2. The summed E-state index contributed by atoms with van der Waals surface area (Å²) >= 11 is 6.46. The molecule has 0 fully saturated rings. The predicted octanol–water partition coefficient (Wildman–Crippen LogP) is 3.66. The lowest BCUT2D eigenvalue weighted by atomic mass is 10.2. The van der Waals surface area contributed by atoms with Crippen molar-refractivity contribution in [1.82, 2.24) is 9.97 Å². The molecule has 28 heavy (non-hydrogen) atoms.